The molecule has 98 valence electrons. The number of rotatable bonds is 3. The van der Waals surface area contributed by atoms with E-state index in [4.69, 9.17) is 0 Å². The third kappa shape index (κ3) is 3.35. The summed E-state index contributed by atoms with van der Waals surface area (Å²) in [6.07, 6.45) is 2.92. The topological polar surface area (TPSA) is 75.1 Å². The Balaban J connectivity index is 2.20. The highest BCUT2D eigenvalue weighted by atomic mass is 16.3. The highest BCUT2D eigenvalue weighted by Crippen LogP contribution is 2.20. The lowest BCUT2D eigenvalue weighted by molar-refractivity contribution is 0.0785. The second kappa shape index (κ2) is 5.16. The molecule has 0 saturated heterocycles. The number of nitrogens with zero attached hydrogens (tertiary/aromatic N) is 2. The Bertz CT molecular complexity index is 577. The number of benzene rings is 1. The van der Waals surface area contributed by atoms with E-state index >= 15 is 0 Å². The Hall–Kier alpha value is -2.27. The van der Waals surface area contributed by atoms with Gasteiger partial charge in [0.15, 0.2) is 0 Å². The Kier molecular flexibility index (Phi) is 3.57. The number of hydrogen-bond donors (Lipinski definition) is 2. The zero-order valence-electron chi connectivity index (χ0n) is 10.8. The average Bonchev–Trinajstić information content (AvgIpc) is 2.39. The Morgan fingerprint density at radius 3 is 2.74 bits per heavy atom. The van der Waals surface area contributed by atoms with Gasteiger partial charge in [-0.3, -0.25) is 4.79 Å². The standard InChI is InChI=1S/C14H15N3O2/c1-14(2,19)11-5-3-4-10(8-11)13(18)17-12-6-7-15-9-16-12/h3-9,19H,1-2H3,(H,15,16,17,18). The minimum Gasteiger partial charge on any atom is -0.386 e. The number of carbonyl (C=O) groups is 1. The summed E-state index contributed by atoms with van der Waals surface area (Å²) in [5.41, 5.74) is 0.173. The van der Waals surface area contributed by atoms with Crippen molar-refractivity contribution in [2.75, 3.05) is 5.32 Å². The van der Waals surface area contributed by atoms with Crippen LogP contribution in [-0.4, -0.2) is 21.0 Å². The average molecular weight is 257 g/mol. The summed E-state index contributed by atoms with van der Waals surface area (Å²) < 4.78 is 0. The zero-order valence-corrected chi connectivity index (χ0v) is 10.8. The molecule has 1 heterocycles. The van der Waals surface area contributed by atoms with E-state index in [1.54, 1.807) is 50.4 Å². The number of anilines is 1. The fourth-order valence-electron chi connectivity index (χ4n) is 1.59. The first-order valence-electron chi connectivity index (χ1n) is 5.87. The van der Waals surface area contributed by atoms with Crippen molar-refractivity contribution >= 4 is 11.7 Å². The fraction of sp³-hybridized carbons (Fsp3) is 0.214. The molecule has 1 amide bonds. The summed E-state index contributed by atoms with van der Waals surface area (Å²) in [5, 5.41) is 12.6. The van der Waals surface area contributed by atoms with Crippen LogP contribution in [0.5, 0.6) is 0 Å². The van der Waals surface area contributed by atoms with Crippen LogP contribution in [0.3, 0.4) is 0 Å². The highest BCUT2D eigenvalue weighted by molar-refractivity contribution is 6.03. The first-order valence-corrected chi connectivity index (χ1v) is 5.87. The van der Waals surface area contributed by atoms with Gasteiger partial charge < -0.3 is 10.4 Å². The van der Waals surface area contributed by atoms with E-state index in [-0.39, 0.29) is 5.91 Å². The van der Waals surface area contributed by atoms with Gasteiger partial charge in [0.25, 0.3) is 5.91 Å². The van der Waals surface area contributed by atoms with Crippen molar-refractivity contribution in [2.45, 2.75) is 19.4 Å². The Morgan fingerprint density at radius 2 is 2.11 bits per heavy atom. The summed E-state index contributed by atoms with van der Waals surface area (Å²) in [6, 6.07) is 8.48. The predicted molar refractivity (Wildman–Crippen MR) is 71.7 cm³/mol. The summed E-state index contributed by atoms with van der Waals surface area (Å²) in [5.74, 6) is 0.165. The molecule has 0 unspecified atom stereocenters. The van der Waals surface area contributed by atoms with Gasteiger partial charge in [0.2, 0.25) is 0 Å². The number of hydrogen-bond acceptors (Lipinski definition) is 4. The van der Waals surface area contributed by atoms with Gasteiger partial charge in [-0.05, 0) is 37.6 Å². The van der Waals surface area contributed by atoms with Crippen molar-refractivity contribution in [3.05, 3.63) is 54.0 Å². The second-order valence-electron chi connectivity index (χ2n) is 4.69. The van der Waals surface area contributed by atoms with E-state index in [2.05, 4.69) is 15.3 Å². The van der Waals surface area contributed by atoms with Gasteiger partial charge in [0.1, 0.15) is 12.1 Å². The molecule has 2 N–H and O–H groups in total. The summed E-state index contributed by atoms with van der Waals surface area (Å²) in [4.78, 5) is 19.7. The molecule has 19 heavy (non-hydrogen) atoms. The Morgan fingerprint density at radius 1 is 1.32 bits per heavy atom. The molecule has 0 aliphatic rings. The molecule has 5 nitrogen and oxygen atoms in total. The van der Waals surface area contributed by atoms with Gasteiger partial charge in [0, 0.05) is 11.8 Å². The van der Waals surface area contributed by atoms with Crippen molar-refractivity contribution in [3.8, 4) is 0 Å². The monoisotopic (exact) mass is 257 g/mol. The van der Waals surface area contributed by atoms with E-state index in [9.17, 15) is 9.90 Å². The van der Waals surface area contributed by atoms with Crippen molar-refractivity contribution in [2.24, 2.45) is 0 Å². The first-order chi connectivity index (χ1) is 8.97. The minimum absolute atomic E-state index is 0.273. The predicted octanol–water partition coefficient (Wildman–Crippen LogP) is 1.96. The summed E-state index contributed by atoms with van der Waals surface area (Å²) in [7, 11) is 0. The second-order valence-corrected chi connectivity index (χ2v) is 4.69. The smallest absolute Gasteiger partial charge is 0.256 e. The quantitative estimate of drug-likeness (QED) is 0.881. The molecule has 0 aliphatic carbocycles. The van der Waals surface area contributed by atoms with Crippen LogP contribution < -0.4 is 5.32 Å². The largest absolute Gasteiger partial charge is 0.386 e. The SMILES string of the molecule is CC(C)(O)c1cccc(C(=O)Nc2ccncn2)c1. The molecule has 1 aromatic carbocycles. The van der Waals surface area contributed by atoms with Crippen LogP contribution in [0.25, 0.3) is 0 Å². The molecule has 0 saturated carbocycles. The van der Waals surface area contributed by atoms with Crippen molar-refractivity contribution in [1.29, 1.82) is 0 Å². The van der Waals surface area contributed by atoms with Gasteiger partial charge in [-0.25, -0.2) is 9.97 Å². The van der Waals surface area contributed by atoms with Crippen LogP contribution in [0.2, 0.25) is 0 Å². The highest BCUT2D eigenvalue weighted by Gasteiger charge is 2.17. The molecule has 0 atom stereocenters. The van der Waals surface area contributed by atoms with Gasteiger partial charge in [-0.1, -0.05) is 12.1 Å². The molecule has 1 aromatic heterocycles. The molecule has 0 aliphatic heterocycles. The van der Waals surface area contributed by atoms with Crippen LogP contribution >= 0.6 is 0 Å². The third-order valence-electron chi connectivity index (χ3n) is 2.65. The van der Waals surface area contributed by atoms with E-state index in [1.165, 1.54) is 6.33 Å². The summed E-state index contributed by atoms with van der Waals surface area (Å²) in [6.45, 7) is 3.35. The van der Waals surface area contributed by atoms with E-state index in [0.29, 0.717) is 16.9 Å². The van der Waals surface area contributed by atoms with Crippen molar-refractivity contribution in [1.82, 2.24) is 9.97 Å². The van der Waals surface area contributed by atoms with E-state index in [1.807, 2.05) is 0 Å². The third-order valence-corrected chi connectivity index (χ3v) is 2.65. The maximum Gasteiger partial charge on any atom is 0.256 e. The molecule has 0 bridgehead atoms. The van der Waals surface area contributed by atoms with Gasteiger partial charge in [0.05, 0.1) is 5.60 Å². The van der Waals surface area contributed by atoms with Crippen LogP contribution in [0.15, 0.2) is 42.9 Å². The number of carbonyl (C=O) groups excluding carboxylic acids is 1. The van der Waals surface area contributed by atoms with Gasteiger partial charge in [-0.2, -0.15) is 0 Å². The van der Waals surface area contributed by atoms with E-state index in [0.717, 1.165) is 0 Å². The lowest BCUT2D eigenvalue weighted by atomic mass is 9.96. The normalized spacial score (nSPS) is 11.1. The lowest BCUT2D eigenvalue weighted by Crippen LogP contribution is -2.18. The van der Waals surface area contributed by atoms with Crippen LogP contribution in [0.1, 0.15) is 29.8 Å². The molecular formula is C14H15N3O2. The van der Waals surface area contributed by atoms with Gasteiger partial charge in [-0.15, -0.1) is 0 Å². The fourth-order valence-corrected chi connectivity index (χ4v) is 1.59. The number of aromatic nitrogens is 2. The lowest BCUT2D eigenvalue weighted by Gasteiger charge is -2.18. The van der Waals surface area contributed by atoms with Crippen LogP contribution in [0, 0.1) is 0 Å². The molecule has 0 fully saturated rings. The number of amides is 1. The van der Waals surface area contributed by atoms with Crippen molar-refractivity contribution < 1.29 is 9.90 Å². The molecule has 2 rings (SSSR count). The minimum atomic E-state index is -0.981. The maximum atomic E-state index is 12.0. The molecule has 0 radical (unpaired) electrons. The molecule has 0 spiro atoms. The summed E-state index contributed by atoms with van der Waals surface area (Å²) >= 11 is 0. The molecule has 2 aromatic rings. The Labute approximate surface area is 111 Å². The molecular weight excluding hydrogens is 242 g/mol. The van der Waals surface area contributed by atoms with E-state index < -0.39 is 5.60 Å². The van der Waals surface area contributed by atoms with Crippen LogP contribution in [0.4, 0.5) is 5.82 Å². The maximum absolute atomic E-state index is 12.0. The number of nitrogens with one attached hydrogen (secondary N) is 1. The first kappa shape index (κ1) is 13.2. The number of aliphatic hydroxyl groups is 1. The van der Waals surface area contributed by atoms with Crippen LogP contribution in [-0.2, 0) is 5.60 Å². The molecule has 5 heteroatoms. The van der Waals surface area contributed by atoms with Crippen molar-refractivity contribution in [3.63, 3.8) is 0 Å². The zero-order chi connectivity index (χ0) is 13.9. The van der Waals surface area contributed by atoms with Gasteiger partial charge >= 0.3 is 0 Å².